The van der Waals surface area contributed by atoms with E-state index in [0.717, 1.165) is 12.5 Å². The van der Waals surface area contributed by atoms with Crippen molar-refractivity contribution in [1.29, 1.82) is 0 Å². The number of likely N-dealkylation sites (N-methyl/N-ethyl adjacent to an activating group) is 1. The SMILES string of the molecule is CNCC(c1ccc(F)cc1)C1CCC1. The zero-order valence-electron chi connectivity index (χ0n) is 9.17. The second kappa shape index (κ2) is 4.75. The fourth-order valence-electron chi connectivity index (χ4n) is 2.33. The van der Waals surface area contributed by atoms with E-state index >= 15 is 0 Å². The van der Waals surface area contributed by atoms with Gasteiger partial charge in [0.1, 0.15) is 5.82 Å². The van der Waals surface area contributed by atoms with Crippen LogP contribution in [0.3, 0.4) is 0 Å². The number of hydrogen-bond acceptors (Lipinski definition) is 1. The Balaban J connectivity index is 2.12. The van der Waals surface area contributed by atoms with Crippen molar-refractivity contribution in [2.45, 2.75) is 25.2 Å². The summed E-state index contributed by atoms with van der Waals surface area (Å²) in [6.45, 7) is 0.996. The molecule has 82 valence electrons. The van der Waals surface area contributed by atoms with Gasteiger partial charge < -0.3 is 5.32 Å². The van der Waals surface area contributed by atoms with Crippen LogP contribution in [-0.2, 0) is 0 Å². The Bertz CT molecular complexity index is 303. The molecule has 15 heavy (non-hydrogen) atoms. The molecule has 0 spiro atoms. The molecule has 1 aromatic rings. The van der Waals surface area contributed by atoms with E-state index < -0.39 is 0 Å². The fraction of sp³-hybridized carbons (Fsp3) is 0.538. The standard InChI is InChI=1S/C13H18FN/c1-15-9-13(10-3-2-4-10)11-5-7-12(14)8-6-11/h5-8,10,13,15H,2-4,9H2,1H3. The molecule has 1 N–H and O–H groups in total. The lowest BCUT2D eigenvalue weighted by Crippen LogP contribution is -2.28. The van der Waals surface area contributed by atoms with Crippen molar-refractivity contribution in [3.8, 4) is 0 Å². The minimum atomic E-state index is -0.143. The monoisotopic (exact) mass is 207 g/mol. The van der Waals surface area contributed by atoms with Crippen molar-refractivity contribution in [2.75, 3.05) is 13.6 Å². The number of halogens is 1. The van der Waals surface area contributed by atoms with Gasteiger partial charge in [0.05, 0.1) is 0 Å². The van der Waals surface area contributed by atoms with E-state index in [2.05, 4.69) is 5.32 Å². The van der Waals surface area contributed by atoms with Gasteiger partial charge in [-0.1, -0.05) is 18.6 Å². The molecular weight excluding hydrogens is 189 g/mol. The van der Waals surface area contributed by atoms with E-state index in [1.807, 2.05) is 19.2 Å². The maximum atomic E-state index is 12.8. The number of hydrogen-bond donors (Lipinski definition) is 1. The molecule has 1 aliphatic carbocycles. The maximum Gasteiger partial charge on any atom is 0.123 e. The molecule has 2 rings (SSSR count). The molecular formula is C13H18FN. The van der Waals surface area contributed by atoms with E-state index in [0.29, 0.717) is 5.92 Å². The predicted molar refractivity (Wildman–Crippen MR) is 60.4 cm³/mol. The van der Waals surface area contributed by atoms with Gasteiger partial charge in [-0.05, 0) is 49.4 Å². The molecule has 0 aliphatic heterocycles. The Labute approximate surface area is 90.7 Å². The van der Waals surface area contributed by atoms with E-state index in [4.69, 9.17) is 0 Å². The third-order valence-corrected chi connectivity index (χ3v) is 3.44. The van der Waals surface area contributed by atoms with Crippen LogP contribution in [0.4, 0.5) is 4.39 Å². The molecule has 0 aromatic heterocycles. The van der Waals surface area contributed by atoms with Crippen molar-refractivity contribution < 1.29 is 4.39 Å². The number of rotatable bonds is 4. The average Bonchev–Trinajstić information content (AvgIpc) is 2.16. The van der Waals surface area contributed by atoms with Crippen molar-refractivity contribution in [2.24, 2.45) is 5.92 Å². The highest BCUT2D eigenvalue weighted by Crippen LogP contribution is 2.38. The van der Waals surface area contributed by atoms with Gasteiger partial charge >= 0.3 is 0 Å². The Kier molecular flexibility index (Phi) is 3.37. The molecule has 0 saturated heterocycles. The second-order valence-corrected chi connectivity index (χ2v) is 4.41. The summed E-state index contributed by atoms with van der Waals surface area (Å²) in [5.41, 5.74) is 1.27. The predicted octanol–water partition coefficient (Wildman–Crippen LogP) is 2.93. The summed E-state index contributed by atoms with van der Waals surface area (Å²) < 4.78 is 12.8. The Morgan fingerprint density at radius 3 is 2.47 bits per heavy atom. The van der Waals surface area contributed by atoms with E-state index in [9.17, 15) is 4.39 Å². The van der Waals surface area contributed by atoms with Crippen LogP contribution in [0.5, 0.6) is 0 Å². The van der Waals surface area contributed by atoms with E-state index in [-0.39, 0.29) is 5.82 Å². The number of benzene rings is 1. The molecule has 1 saturated carbocycles. The largest absolute Gasteiger partial charge is 0.319 e. The lowest BCUT2D eigenvalue weighted by atomic mass is 9.73. The van der Waals surface area contributed by atoms with E-state index in [1.54, 1.807) is 12.1 Å². The van der Waals surface area contributed by atoms with Gasteiger partial charge in [-0.3, -0.25) is 0 Å². The van der Waals surface area contributed by atoms with Crippen molar-refractivity contribution in [3.63, 3.8) is 0 Å². The van der Waals surface area contributed by atoms with Crippen LogP contribution >= 0.6 is 0 Å². The quantitative estimate of drug-likeness (QED) is 0.800. The second-order valence-electron chi connectivity index (χ2n) is 4.41. The molecule has 0 amide bonds. The van der Waals surface area contributed by atoms with Gasteiger partial charge in [-0.15, -0.1) is 0 Å². The molecule has 0 bridgehead atoms. The first-order chi connectivity index (χ1) is 7.31. The van der Waals surface area contributed by atoms with Crippen LogP contribution in [0.25, 0.3) is 0 Å². The first-order valence-corrected chi connectivity index (χ1v) is 5.71. The van der Waals surface area contributed by atoms with Crippen LogP contribution in [-0.4, -0.2) is 13.6 Å². The van der Waals surface area contributed by atoms with Crippen molar-refractivity contribution >= 4 is 0 Å². The highest BCUT2D eigenvalue weighted by molar-refractivity contribution is 5.22. The third kappa shape index (κ3) is 2.37. The molecule has 2 heteroatoms. The molecule has 1 fully saturated rings. The molecule has 1 aromatic carbocycles. The molecule has 1 nitrogen and oxygen atoms in total. The van der Waals surface area contributed by atoms with Crippen LogP contribution in [0.1, 0.15) is 30.7 Å². The van der Waals surface area contributed by atoms with Crippen LogP contribution in [0.15, 0.2) is 24.3 Å². The normalized spacial score (nSPS) is 18.5. The summed E-state index contributed by atoms with van der Waals surface area (Å²) in [6, 6.07) is 6.98. The lowest BCUT2D eigenvalue weighted by Gasteiger charge is -2.34. The van der Waals surface area contributed by atoms with Gasteiger partial charge in [0.15, 0.2) is 0 Å². The zero-order valence-corrected chi connectivity index (χ0v) is 9.17. The topological polar surface area (TPSA) is 12.0 Å². The van der Waals surface area contributed by atoms with Gasteiger partial charge in [0, 0.05) is 6.54 Å². The fourth-order valence-corrected chi connectivity index (χ4v) is 2.33. The van der Waals surface area contributed by atoms with Crippen LogP contribution in [0, 0.1) is 11.7 Å². The summed E-state index contributed by atoms with van der Waals surface area (Å²) in [5.74, 6) is 1.21. The molecule has 1 aliphatic rings. The molecule has 1 unspecified atom stereocenters. The Morgan fingerprint density at radius 2 is 2.00 bits per heavy atom. The average molecular weight is 207 g/mol. The summed E-state index contributed by atoms with van der Waals surface area (Å²) in [5, 5.41) is 3.24. The first kappa shape index (κ1) is 10.6. The van der Waals surface area contributed by atoms with Crippen LogP contribution < -0.4 is 5.32 Å². The maximum absolute atomic E-state index is 12.8. The smallest absolute Gasteiger partial charge is 0.123 e. The molecule has 0 radical (unpaired) electrons. The summed E-state index contributed by atoms with van der Waals surface area (Å²) in [4.78, 5) is 0. The van der Waals surface area contributed by atoms with Crippen molar-refractivity contribution in [3.05, 3.63) is 35.6 Å². The highest BCUT2D eigenvalue weighted by Gasteiger charge is 2.27. The highest BCUT2D eigenvalue weighted by atomic mass is 19.1. The number of nitrogens with one attached hydrogen (secondary N) is 1. The summed E-state index contributed by atoms with van der Waals surface area (Å²) >= 11 is 0. The zero-order chi connectivity index (χ0) is 10.7. The van der Waals surface area contributed by atoms with Gasteiger partial charge in [0.2, 0.25) is 0 Å². The minimum absolute atomic E-state index is 0.143. The minimum Gasteiger partial charge on any atom is -0.319 e. The van der Waals surface area contributed by atoms with Crippen LogP contribution in [0.2, 0.25) is 0 Å². The van der Waals surface area contributed by atoms with Gasteiger partial charge in [-0.25, -0.2) is 4.39 Å². The first-order valence-electron chi connectivity index (χ1n) is 5.71. The third-order valence-electron chi connectivity index (χ3n) is 3.44. The lowest BCUT2D eigenvalue weighted by molar-refractivity contribution is 0.257. The van der Waals surface area contributed by atoms with Gasteiger partial charge in [0.25, 0.3) is 0 Å². The van der Waals surface area contributed by atoms with Gasteiger partial charge in [-0.2, -0.15) is 0 Å². The Morgan fingerprint density at radius 1 is 1.33 bits per heavy atom. The van der Waals surface area contributed by atoms with E-state index in [1.165, 1.54) is 24.8 Å². The van der Waals surface area contributed by atoms with Crippen molar-refractivity contribution in [1.82, 2.24) is 5.32 Å². The summed E-state index contributed by atoms with van der Waals surface area (Å²) in [7, 11) is 1.98. The summed E-state index contributed by atoms with van der Waals surface area (Å²) in [6.07, 6.45) is 4.00. The Hall–Kier alpha value is -0.890. The molecule has 0 heterocycles. The molecule has 1 atom stereocenters.